The minimum atomic E-state index is -0.165. The van der Waals surface area contributed by atoms with Crippen molar-refractivity contribution in [3.8, 4) is 4.98 Å². The van der Waals surface area contributed by atoms with Crippen molar-refractivity contribution in [1.82, 2.24) is 0 Å². The number of benzene rings is 1. The number of hydrogen-bond donors (Lipinski definition) is 1. The normalized spacial score (nSPS) is 10.9. The van der Waals surface area contributed by atoms with Gasteiger partial charge in [-0.3, -0.25) is 4.79 Å². The number of hydrogen-bond acceptors (Lipinski definition) is 4. The third-order valence-corrected chi connectivity index (χ3v) is 3.93. The first kappa shape index (κ1) is 21.0. The van der Waals surface area contributed by atoms with E-state index in [2.05, 4.69) is 15.9 Å². The molecule has 1 aromatic rings. The summed E-state index contributed by atoms with van der Waals surface area (Å²) in [6, 6.07) is 3.40. The summed E-state index contributed by atoms with van der Waals surface area (Å²) in [6.07, 6.45) is 2.00. The van der Waals surface area contributed by atoms with E-state index < -0.39 is 0 Å². The summed E-state index contributed by atoms with van der Waals surface area (Å²) in [4.78, 5) is 13.3. The maximum absolute atomic E-state index is 11.7. The maximum atomic E-state index is 11.7. The van der Waals surface area contributed by atoms with Crippen LogP contribution in [0.5, 0.6) is 0 Å². The first-order valence-electron chi connectivity index (χ1n) is 6.81. The Hall–Kier alpha value is -0.960. The molecule has 1 unspecified atom stereocenters. The molecule has 0 saturated carbocycles. The number of esters is 1. The van der Waals surface area contributed by atoms with Crippen LogP contribution in [0.15, 0.2) is 12.1 Å². The highest BCUT2D eigenvalue weighted by Crippen LogP contribution is 2.32. The molecule has 0 heterocycles. The molecule has 1 atom stereocenters. The molecule has 7 heteroatoms. The van der Waals surface area contributed by atoms with E-state index in [0.717, 1.165) is 12.0 Å². The first-order valence-corrected chi connectivity index (χ1v) is 8.36. The van der Waals surface area contributed by atoms with Crippen molar-refractivity contribution < 1.29 is 9.53 Å². The van der Waals surface area contributed by atoms with Crippen molar-refractivity contribution in [3.05, 3.63) is 27.7 Å². The highest BCUT2D eigenvalue weighted by Gasteiger charge is 2.19. The van der Waals surface area contributed by atoms with Gasteiger partial charge in [0.25, 0.3) is 0 Å². The zero-order valence-electron chi connectivity index (χ0n) is 12.5. The van der Waals surface area contributed by atoms with Gasteiger partial charge in [-0.1, -0.05) is 30.1 Å². The summed E-state index contributed by atoms with van der Waals surface area (Å²) in [6.45, 7) is 4.16. The molecular weight excluding hydrogens is 391 g/mol. The van der Waals surface area contributed by atoms with E-state index in [1.54, 1.807) is 24.0 Å². The van der Waals surface area contributed by atoms with Gasteiger partial charge >= 0.3 is 5.97 Å². The minimum absolute atomic E-state index is 0.130. The highest BCUT2D eigenvalue weighted by atomic mass is 79.9. The van der Waals surface area contributed by atoms with E-state index in [1.165, 1.54) is 0 Å². The van der Waals surface area contributed by atoms with E-state index in [9.17, 15) is 4.79 Å². The van der Waals surface area contributed by atoms with Crippen LogP contribution in [0.3, 0.4) is 0 Å². The lowest BCUT2D eigenvalue weighted by atomic mass is 9.96. The molecule has 0 aliphatic rings. The molecule has 122 valence electrons. The number of rotatable bonds is 6. The molecule has 0 aromatic heterocycles. The summed E-state index contributed by atoms with van der Waals surface area (Å²) in [5, 5.41) is 8.19. The van der Waals surface area contributed by atoms with Crippen molar-refractivity contribution >= 4 is 50.8 Å². The largest absolute Gasteiger partial charge is 0.466 e. The number of carbonyl (C=O) groups excluding carboxylic acids is 1. The van der Waals surface area contributed by atoms with Crippen molar-refractivity contribution in [2.45, 2.75) is 33.1 Å². The molecule has 0 saturated heterocycles. The molecular formula is C15H19BrCl2N2O2. The zero-order valence-corrected chi connectivity index (χ0v) is 15.6. The van der Waals surface area contributed by atoms with Crippen LogP contribution in [-0.4, -0.2) is 12.6 Å². The van der Waals surface area contributed by atoms with Gasteiger partial charge in [0.2, 0.25) is 0 Å². The van der Waals surface area contributed by atoms with Gasteiger partial charge in [-0.15, -0.1) is 0 Å². The van der Waals surface area contributed by atoms with Crippen LogP contribution >= 0.6 is 39.1 Å². The Morgan fingerprint density at radius 3 is 2.55 bits per heavy atom. The second-order valence-corrected chi connectivity index (χ2v) is 5.55. The molecule has 0 spiro atoms. The molecule has 2 N–H and O–H groups in total. The van der Waals surface area contributed by atoms with Crippen LogP contribution in [0.4, 0.5) is 5.69 Å². The zero-order chi connectivity index (χ0) is 17.1. The third kappa shape index (κ3) is 6.87. The molecule has 1 rings (SSSR count). The Morgan fingerprint density at radius 1 is 1.45 bits per heavy atom. The molecule has 0 radical (unpaired) electrons. The van der Waals surface area contributed by atoms with Crippen LogP contribution in [0.2, 0.25) is 10.0 Å². The van der Waals surface area contributed by atoms with Crippen LogP contribution in [-0.2, 0) is 16.0 Å². The van der Waals surface area contributed by atoms with Crippen LogP contribution in [0, 0.1) is 16.2 Å². The molecule has 0 aliphatic carbocycles. The van der Waals surface area contributed by atoms with Crippen molar-refractivity contribution in [3.63, 3.8) is 0 Å². The Labute approximate surface area is 149 Å². The van der Waals surface area contributed by atoms with Crippen LogP contribution in [0.25, 0.3) is 0 Å². The summed E-state index contributed by atoms with van der Waals surface area (Å²) in [5.74, 6) is -0.295. The SMILES string of the molecule is CCOC(=O)C(CC)CCc1c(N)ccc(Cl)c1Cl.N#CBr. The average Bonchev–Trinajstić information content (AvgIpc) is 2.48. The molecule has 0 bridgehead atoms. The van der Waals surface area contributed by atoms with Crippen molar-refractivity contribution in [2.24, 2.45) is 5.92 Å². The summed E-state index contributed by atoms with van der Waals surface area (Å²) >= 11 is 14.6. The van der Waals surface area contributed by atoms with Gasteiger partial charge in [-0.2, -0.15) is 5.26 Å². The molecule has 4 nitrogen and oxygen atoms in total. The minimum Gasteiger partial charge on any atom is -0.466 e. The second-order valence-electron chi connectivity index (χ2n) is 4.41. The Balaban J connectivity index is 0.00000135. The lowest BCUT2D eigenvalue weighted by Crippen LogP contribution is -2.18. The fraction of sp³-hybridized carbons (Fsp3) is 0.467. The highest BCUT2D eigenvalue weighted by molar-refractivity contribution is 9.12. The topological polar surface area (TPSA) is 76.1 Å². The number of nitrogens with zero attached hydrogens (tertiary/aromatic N) is 1. The van der Waals surface area contributed by atoms with E-state index in [4.69, 9.17) is 38.9 Å². The van der Waals surface area contributed by atoms with Gasteiger partial charge in [0, 0.05) is 21.6 Å². The van der Waals surface area contributed by atoms with E-state index in [0.29, 0.717) is 35.2 Å². The van der Waals surface area contributed by atoms with Gasteiger partial charge in [0.1, 0.15) is 4.98 Å². The maximum Gasteiger partial charge on any atom is 0.308 e. The van der Waals surface area contributed by atoms with E-state index >= 15 is 0 Å². The summed E-state index contributed by atoms with van der Waals surface area (Å²) in [7, 11) is 0. The number of nitrogen functional groups attached to an aromatic ring is 1. The molecule has 22 heavy (non-hydrogen) atoms. The Kier molecular flexibility index (Phi) is 11.1. The lowest BCUT2D eigenvalue weighted by Gasteiger charge is -2.15. The van der Waals surface area contributed by atoms with Gasteiger partial charge in [-0.05, 0) is 43.9 Å². The summed E-state index contributed by atoms with van der Waals surface area (Å²) < 4.78 is 5.04. The summed E-state index contributed by atoms with van der Waals surface area (Å²) in [5.41, 5.74) is 7.30. The number of halogens is 3. The quantitative estimate of drug-likeness (QED) is 0.532. The fourth-order valence-electron chi connectivity index (χ4n) is 1.93. The van der Waals surface area contributed by atoms with Gasteiger partial charge in [0.05, 0.1) is 22.6 Å². The molecule has 1 aromatic carbocycles. The predicted molar refractivity (Wildman–Crippen MR) is 94.1 cm³/mol. The number of nitriles is 1. The van der Waals surface area contributed by atoms with E-state index in [1.807, 2.05) is 6.92 Å². The van der Waals surface area contributed by atoms with E-state index in [-0.39, 0.29) is 11.9 Å². The number of nitrogens with two attached hydrogens (primary N) is 1. The predicted octanol–water partition coefficient (Wildman–Crippen LogP) is 4.96. The fourth-order valence-corrected chi connectivity index (χ4v) is 2.37. The van der Waals surface area contributed by atoms with Gasteiger partial charge in [-0.25, -0.2) is 0 Å². The van der Waals surface area contributed by atoms with Gasteiger partial charge in [0.15, 0.2) is 0 Å². The second kappa shape index (κ2) is 11.6. The number of anilines is 1. The Morgan fingerprint density at radius 2 is 2.05 bits per heavy atom. The monoisotopic (exact) mass is 408 g/mol. The number of ether oxygens (including phenoxy) is 1. The Bertz CT molecular complexity index is 533. The molecule has 0 aliphatic heterocycles. The van der Waals surface area contributed by atoms with Crippen molar-refractivity contribution in [2.75, 3.05) is 12.3 Å². The number of carbonyl (C=O) groups is 1. The van der Waals surface area contributed by atoms with Crippen LogP contribution in [0.1, 0.15) is 32.3 Å². The van der Waals surface area contributed by atoms with Gasteiger partial charge < -0.3 is 10.5 Å². The first-order chi connectivity index (χ1) is 10.4. The lowest BCUT2D eigenvalue weighted by molar-refractivity contribution is -0.148. The molecule has 0 amide bonds. The van der Waals surface area contributed by atoms with Crippen LogP contribution < -0.4 is 5.73 Å². The average molecular weight is 410 g/mol. The third-order valence-electron chi connectivity index (χ3n) is 3.09. The smallest absolute Gasteiger partial charge is 0.308 e. The molecule has 0 fully saturated rings. The standard InChI is InChI=1S/C14H19Cl2NO2.CBrN/c1-3-9(14(18)19-4-2)5-6-10-12(17)8-7-11(15)13(10)16;2-1-3/h7-9H,3-6,17H2,1-2H3;. The van der Waals surface area contributed by atoms with Crippen molar-refractivity contribution in [1.29, 1.82) is 5.26 Å².